The number of aromatic nitrogens is 2. The molecule has 1 radical (unpaired) electrons. The Kier molecular flexibility index (Phi) is 12.3. The van der Waals surface area contributed by atoms with Crippen molar-refractivity contribution < 1.29 is 33.7 Å². The van der Waals surface area contributed by atoms with Gasteiger partial charge in [-0.1, -0.05) is 123 Å². The fourth-order valence-electron chi connectivity index (χ4n) is 8.24. The Labute approximate surface area is 350 Å². The molecule has 3 nitrogen and oxygen atoms in total. The Morgan fingerprint density at radius 1 is 0.625 bits per heavy atom. The van der Waals surface area contributed by atoms with Crippen molar-refractivity contribution in [3.05, 3.63) is 165 Å². The van der Waals surface area contributed by atoms with E-state index < -0.39 is 8.07 Å². The van der Waals surface area contributed by atoms with Crippen molar-refractivity contribution in [3.63, 3.8) is 0 Å². The van der Waals surface area contributed by atoms with E-state index in [0.29, 0.717) is 0 Å². The van der Waals surface area contributed by atoms with Crippen LogP contribution in [0.5, 0.6) is 0 Å². The van der Waals surface area contributed by atoms with Crippen LogP contribution in [-0.2, 0) is 26.5 Å². The first-order valence-electron chi connectivity index (χ1n) is 19.8. The predicted octanol–water partition coefficient (Wildman–Crippen LogP) is 12.1. The van der Waals surface area contributed by atoms with Gasteiger partial charge in [0.15, 0.2) is 0 Å². The molecule has 0 bridgehead atoms. The van der Waals surface area contributed by atoms with E-state index in [2.05, 4.69) is 164 Å². The molecule has 0 N–H and O–H groups in total. The third-order valence-corrected chi connectivity index (χ3v) is 13.4. The van der Waals surface area contributed by atoms with E-state index in [-0.39, 0.29) is 20.1 Å². The zero-order valence-corrected chi connectivity index (χ0v) is 37.5. The molecule has 5 heteroatoms. The third kappa shape index (κ3) is 8.81. The predicted molar refractivity (Wildman–Crippen MR) is 235 cm³/mol. The van der Waals surface area contributed by atoms with Gasteiger partial charge >= 0.3 is 0 Å². The molecular weight excluding hydrogens is 877 g/mol. The number of pyridine rings is 2. The SMILES string of the molecule is [CH2-]c1cc2oc3cc(-c4ccc(C)cc4)ccc3c2cc1-c1cc(C)cc[n+]1[CH2-].[CH2-]c1ccc(C)cc1-c1cc(CC2CCCCC2)c([Si](C)(C)C)c[n+]1[CH2-].[Ir]. The molecule has 1 saturated carbocycles. The molecule has 1 aliphatic carbocycles. The van der Waals surface area contributed by atoms with Crippen molar-refractivity contribution in [2.75, 3.05) is 0 Å². The summed E-state index contributed by atoms with van der Waals surface area (Å²) in [4.78, 5) is 0. The van der Waals surface area contributed by atoms with E-state index in [0.717, 1.165) is 55.8 Å². The smallest absolute Gasteiger partial charge is 0.134 e. The van der Waals surface area contributed by atoms with Crippen LogP contribution >= 0.6 is 0 Å². The quantitative estimate of drug-likeness (QED) is 0.0925. The molecule has 1 fully saturated rings. The van der Waals surface area contributed by atoms with E-state index >= 15 is 0 Å². The van der Waals surface area contributed by atoms with Crippen LogP contribution in [0.3, 0.4) is 0 Å². The minimum Gasteiger partial charge on any atom is -0.469 e. The van der Waals surface area contributed by atoms with Crippen LogP contribution in [0.4, 0.5) is 0 Å². The number of aryl methyl sites for hydroxylation is 3. The normalized spacial score (nSPS) is 13.3. The van der Waals surface area contributed by atoms with Gasteiger partial charge in [-0.2, -0.15) is 31.0 Å². The number of nitrogens with zero attached hydrogens (tertiary/aromatic N) is 2. The van der Waals surface area contributed by atoms with Gasteiger partial charge in [0.1, 0.15) is 5.58 Å². The summed E-state index contributed by atoms with van der Waals surface area (Å²) in [5.74, 6) is 0.851. The number of furan rings is 1. The second-order valence-electron chi connectivity index (χ2n) is 16.9. The van der Waals surface area contributed by atoms with Crippen molar-refractivity contribution in [2.24, 2.45) is 5.92 Å². The Morgan fingerprint density at radius 3 is 1.96 bits per heavy atom. The summed E-state index contributed by atoms with van der Waals surface area (Å²) < 4.78 is 10.2. The van der Waals surface area contributed by atoms with Crippen LogP contribution in [0.15, 0.2) is 108 Å². The maximum Gasteiger partial charge on any atom is 0.134 e. The molecule has 291 valence electrons. The molecule has 4 aromatic carbocycles. The summed E-state index contributed by atoms with van der Waals surface area (Å²) in [7, 11) is 7.05. The second kappa shape index (κ2) is 16.8. The minimum atomic E-state index is -1.42. The zero-order chi connectivity index (χ0) is 39.0. The summed E-state index contributed by atoms with van der Waals surface area (Å²) in [6.07, 6.45) is 12.6. The maximum absolute atomic E-state index is 6.20. The van der Waals surface area contributed by atoms with Crippen LogP contribution < -0.4 is 14.3 Å². The Hall–Kier alpha value is -4.67. The van der Waals surface area contributed by atoms with Gasteiger partial charge < -0.3 is 13.6 Å². The third-order valence-electron chi connectivity index (χ3n) is 11.4. The monoisotopic (exact) mass is 933 g/mol. The largest absolute Gasteiger partial charge is 0.469 e. The number of rotatable bonds is 6. The molecule has 1 aliphatic rings. The van der Waals surface area contributed by atoms with E-state index in [1.54, 1.807) is 10.8 Å². The Morgan fingerprint density at radius 2 is 1.25 bits per heavy atom. The standard InChI is InChI=1S/C27H22NO.C24H34NSi.Ir/c1-17-5-7-20(8-6-17)21-9-10-22-24-16-23(25-13-18(2)11-12-28(25)4)19(3)14-26(24)29-27(22)15-21;1-18-12-13-19(2)22(14-18)23-16-21(15-20-10-8-7-9-11-20)24(17-25(23)3)26(4,5)6;/h5-16H,3-4H2,1-2H3;12-14,16-17,20H,2-3,7-11,15H2,1,4-6H3;/q2*-1;. The van der Waals surface area contributed by atoms with Crippen molar-refractivity contribution in [1.29, 1.82) is 0 Å². The van der Waals surface area contributed by atoms with Gasteiger partial charge in [0.05, 0.1) is 37.4 Å². The number of hydrogen-bond donors (Lipinski definition) is 0. The average molecular weight is 933 g/mol. The first-order chi connectivity index (χ1) is 26.2. The van der Waals surface area contributed by atoms with Crippen LogP contribution in [0.1, 0.15) is 65.5 Å². The second-order valence-corrected chi connectivity index (χ2v) is 22.0. The molecule has 3 heterocycles. The molecule has 7 aromatic rings. The summed E-state index contributed by atoms with van der Waals surface area (Å²) in [6.45, 7) is 22.2. The van der Waals surface area contributed by atoms with Gasteiger partial charge in [-0.25, -0.2) is 0 Å². The molecule has 56 heavy (non-hydrogen) atoms. The van der Waals surface area contributed by atoms with Gasteiger partial charge in [0.2, 0.25) is 0 Å². The summed E-state index contributed by atoms with van der Waals surface area (Å²) in [6, 6.07) is 32.3. The van der Waals surface area contributed by atoms with Crippen molar-refractivity contribution in [1.82, 2.24) is 0 Å². The molecule has 0 saturated heterocycles. The van der Waals surface area contributed by atoms with Crippen molar-refractivity contribution in [3.8, 4) is 33.6 Å². The molecule has 0 unspecified atom stereocenters. The topological polar surface area (TPSA) is 20.9 Å². The number of fused-ring (bicyclic) bond motifs is 3. The molecule has 0 atom stereocenters. The van der Waals surface area contributed by atoms with Gasteiger partial charge in [0, 0.05) is 45.0 Å². The minimum absolute atomic E-state index is 0. The van der Waals surface area contributed by atoms with Crippen LogP contribution in [0, 0.1) is 54.6 Å². The van der Waals surface area contributed by atoms with E-state index in [1.807, 2.05) is 16.8 Å². The average Bonchev–Trinajstić information content (AvgIpc) is 3.51. The maximum atomic E-state index is 6.20. The van der Waals surface area contributed by atoms with Crippen LogP contribution in [0.25, 0.3) is 55.6 Å². The van der Waals surface area contributed by atoms with E-state index in [4.69, 9.17) is 4.42 Å². The van der Waals surface area contributed by atoms with Gasteiger partial charge in [-0.3, -0.25) is 0 Å². The number of benzene rings is 4. The molecule has 0 amide bonds. The van der Waals surface area contributed by atoms with Crippen LogP contribution in [0.2, 0.25) is 19.6 Å². The molecule has 0 spiro atoms. The molecular formula is C51H56IrN2OSi-2. The van der Waals surface area contributed by atoms with E-state index in [9.17, 15) is 0 Å². The number of hydrogen-bond acceptors (Lipinski definition) is 1. The van der Waals surface area contributed by atoms with E-state index in [1.165, 1.54) is 72.0 Å². The fourth-order valence-corrected chi connectivity index (χ4v) is 9.92. The van der Waals surface area contributed by atoms with Gasteiger partial charge in [-0.15, -0.1) is 35.4 Å². The molecule has 3 aromatic heterocycles. The summed E-state index contributed by atoms with van der Waals surface area (Å²) >= 11 is 0. The van der Waals surface area contributed by atoms with Gasteiger partial charge in [0.25, 0.3) is 0 Å². The Balaban J connectivity index is 0.000000188. The van der Waals surface area contributed by atoms with Gasteiger partial charge in [-0.05, 0) is 61.6 Å². The van der Waals surface area contributed by atoms with Crippen LogP contribution in [-0.4, -0.2) is 8.07 Å². The first kappa shape index (κ1) is 41.0. The zero-order valence-electron chi connectivity index (χ0n) is 34.1. The summed E-state index contributed by atoms with van der Waals surface area (Å²) in [5, 5.41) is 3.78. The summed E-state index contributed by atoms with van der Waals surface area (Å²) in [5.41, 5.74) is 15.9. The first-order valence-corrected chi connectivity index (χ1v) is 23.3. The Bertz CT molecular complexity index is 2500. The van der Waals surface area contributed by atoms with Crippen molar-refractivity contribution in [2.45, 2.75) is 78.9 Å². The fraction of sp³-hybridized carbons (Fsp3) is 0.255. The van der Waals surface area contributed by atoms with Crippen molar-refractivity contribution >= 4 is 35.2 Å². The molecule has 8 rings (SSSR count). The molecule has 0 aliphatic heterocycles.